The summed E-state index contributed by atoms with van der Waals surface area (Å²) in [5, 5.41) is 8.99. The predicted molar refractivity (Wildman–Crippen MR) is 197 cm³/mol. The van der Waals surface area contributed by atoms with Crippen molar-refractivity contribution in [2.45, 2.75) is 73.1 Å². The molecule has 0 aliphatic carbocycles. The molecule has 0 bridgehead atoms. The molecule has 2 N–H and O–H groups in total. The summed E-state index contributed by atoms with van der Waals surface area (Å²) in [5.41, 5.74) is 3.98. The minimum Gasteiger partial charge on any atom is -0.504 e. The third-order valence-corrected chi connectivity index (χ3v) is 8.92. The normalized spacial score (nSPS) is 10.9. The Hall–Kier alpha value is -4.01. The summed E-state index contributed by atoms with van der Waals surface area (Å²) < 4.78 is 32.5. The zero-order valence-corrected chi connectivity index (χ0v) is 30.4. The van der Waals surface area contributed by atoms with Crippen LogP contribution in [0.5, 0.6) is 11.5 Å². The Morgan fingerprint density at radius 2 is 1.46 bits per heavy atom. The van der Waals surface area contributed by atoms with Crippen molar-refractivity contribution < 1.29 is 23.1 Å². The summed E-state index contributed by atoms with van der Waals surface area (Å²) in [6, 6.07) is 21.3. The van der Waals surface area contributed by atoms with Crippen LogP contribution in [0.4, 0.5) is 0 Å². The van der Waals surface area contributed by atoms with Gasteiger partial charge in [-0.3, -0.25) is 9.52 Å². The quantitative estimate of drug-likeness (QED) is 0.156. The Labute approximate surface area is 282 Å². The number of Topliss-reactive ketones (excluding diaryl/α,β-unsaturated/α-hetero) is 1. The Balaban J connectivity index is 0.000000780. The van der Waals surface area contributed by atoms with Crippen molar-refractivity contribution in [1.29, 1.82) is 0 Å². The topological polar surface area (TPSA) is 92.7 Å². The van der Waals surface area contributed by atoms with E-state index < -0.39 is 10.0 Å². The van der Waals surface area contributed by atoms with Crippen LogP contribution in [-0.4, -0.2) is 26.4 Å². The van der Waals surface area contributed by atoms with E-state index in [4.69, 9.17) is 9.84 Å². The number of phenols is 1. The van der Waals surface area contributed by atoms with E-state index in [0.29, 0.717) is 17.0 Å². The molecule has 0 aliphatic heterocycles. The molecule has 6 nitrogen and oxygen atoms in total. The van der Waals surface area contributed by atoms with Gasteiger partial charge in [-0.25, -0.2) is 8.42 Å². The molecule has 0 radical (unpaired) electrons. The number of aromatic hydroxyl groups is 1. The summed E-state index contributed by atoms with van der Waals surface area (Å²) in [4.78, 5) is 13.1. The number of hydrogen-bond donors (Lipinski definition) is 2. The zero-order chi connectivity index (χ0) is 35.3. The third kappa shape index (κ3) is 15.3. The highest BCUT2D eigenvalue weighted by Gasteiger charge is 2.16. The second kappa shape index (κ2) is 22.5. The fourth-order valence-corrected chi connectivity index (χ4v) is 5.89. The van der Waals surface area contributed by atoms with Crippen molar-refractivity contribution in [2.75, 3.05) is 7.11 Å². The molecule has 3 rings (SSSR count). The number of carbonyl (C=O) groups excluding carboxylic acids is 1. The lowest BCUT2D eigenvalue weighted by Crippen LogP contribution is -2.22. The molecule has 0 fully saturated rings. The second-order valence-electron chi connectivity index (χ2n) is 9.74. The summed E-state index contributed by atoms with van der Waals surface area (Å²) >= 11 is 1.55. The number of ketones is 1. The van der Waals surface area contributed by atoms with Crippen LogP contribution in [0.3, 0.4) is 0 Å². The first-order chi connectivity index (χ1) is 21.8. The van der Waals surface area contributed by atoms with Gasteiger partial charge in [-0.1, -0.05) is 113 Å². The van der Waals surface area contributed by atoms with Gasteiger partial charge in [-0.2, -0.15) is 0 Å². The summed E-state index contributed by atoms with van der Waals surface area (Å²) in [6.07, 6.45) is 5.63. The highest BCUT2D eigenvalue weighted by molar-refractivity contribution is 8.06. The van der Waals surface area contributed by atoms with E-state index in [2.05, 4.69) is 30.9 Å². The Kier molecular flexibility index (Phi) is 20.5. The Morgan fingerprint density at radius 3 is 1.91 bits per heavy atom. The molecule has 0 unspecified atom stereocenters. The van der Waals surface area contributed by atoms with E-state index in [1.807, 2.05) is 65.0 Å². The maximum Gasteiger partial charge on any atom is 0.262 e. The zero-order valence-electron chi connectivity index (χ0n) is 28.8. The van der Waals surface area contributed by atoms with Crippen LogP contribution in [0.15, 0.2) is 124 Å². The van der Waals surface area contributed by atoms with Crippen molar-refractivity contribution in [3.8, 4) is 11.5 Å². The molecule has 0 amide bonds. The Bertz CT molecular complexity index is 1590. The molecule has 0 saturated heterocycles. The van der Waals surface area contributed by atoms with Crippen LogP contribution in [0.25, 0.3) is 0 Å². The smallest absolute Gasteiger partial charge is 0.262 e. The van der Waals surface area contributed by atoms with Crippen molar-refractivity contribution in [2.24, 2.45) is 0 Å². The molecule has 46 heavy (non-hydrogen) atoms. The van der Waals surface area contributed by atoms with Crippen LogP contribution < -0.4 is 9.46 Å². The lowest BCUT2D eigenvalue weighted by molar-refractivity contribution is 0.101. The molecule has 3 aromatic rings. The van der Waals surface area contributed by atoms with Crippen LogP contribution in [-0.2, 0) is 10.0 Å². The predicted octanol–water partition coefficient (Wildman–Crippen LogP) is 10.3. The average molecular weight is 666 g/mol. The largest absolute Gasteiger partial charge is 0.504 e. The van der Waals surface area contributed by atoms with Crippen molar-refractivity contribution in [1.82, 2.24) is 4.72 Å². The molecular formula is C38H51NO5S2. The van der Waals surface area contributed by atoms with Crippen LogP contribution in [0, 0.1) is 13.8 Å². The van der Waals surface area contributed by atoms with Crippen molar-refractivity contribution in [3.63, 3.8) is 0 Å². The van der Waals surface area contributed by atoms with Gasteiger partial charge in [-0.05, 0) is 86.4 Å². The van der Waals surface area contributed by atoms with E-state index in [-0.39, 0.29) is 16.4 Å². The van der Waals surface area contributed by atoms with Crippen molar-refractivity contribution in [3.05, 3.63) is 136 Å². The molecule has 0 aliphatic rings. The summed E-state index contributed by atoms with van der Waals surface area (Å²) in [5.74, 6) is 0.829. The maximum absolute atomic E-state index is 12.6. The highest BCUT2D eigenvalue weighted by Crippen LogP contribution is 2.32. The van der Waals surface area contributed by atoms with E-state index in [1.165, 1.54) is 7.11 Å². The van der Waals surface area contributed by atoms with E-state index in [9.17, 15) is 13.2 Å². The number of phenolic OH excluding ortho intramolecular Hbond substituents is 1. The molecule has 8 heteroatoms. The number of benzene rings is 3. The van der Waals surface area contributed by atoms with E-state index in [1.54, 1.807) is 74.1 Å². The van der Waals surface area contributed by atoms with Gasteiger partial charge in [0.2, 0.25) is 0 Å². The fourth-order valence-electron chi connectivity index (χ4n) is 3.73. The first kappa shape index (κ1) is 42.0. The molecule has 0 aromatic heterocycles. The number of hydrogen-bond acceptors (Lipinski definition) is 6. The van der Waals surface area contributed by atoms with Gasteiger partial charge in [0.05, 0.1) is 12.0 Å². The molecule has 250 valence electrons. The lowest BCUT2D eigenvalue weighted by atomic mass is 10.1. The number of allylic oxidation sites excluding steroid dienone is 4. The van der Waals surface area contributed by atoms with Gasteiger partial charge in [0, 0.05) is 16.2 Å². The number of thioether (sulfide) groups is 1. The molecule has 0 saturated carbocycles. The first-order valence-corrected chi connectivity index (χ1v) is 17.5. The molecule has 0 heterocycles. The van der Waals surface area contributed by atoms with Crippen LogP contribution in [0.2, 0.25) is 0 Å². The number of nitrogens with one attached hydrogen (secondary N) is 1. The van der Waals surface area contributed by atoms with Gasteiger partial charge in [0.1, 0.15) is 0 Å². The molecule has 0 spiro atoms. The van der Waals surface area contributed by atoms with Gasteiger partial charge >= 0.3 is 0 Å². The molecule has 3 aromatic carbocycles. The maximum atomic E-state index is 12.6. The van der Waals surface area contributed by atoms with E-state index >= 15 is 0 Å². The number of sulfonamides is 1. The number of rotatable bonds is 11. The monoisotopic (exact) mass is 665 g/mol. The fraction of sp³-hybridized carbons (Fsp3) is 0.289. The number of ether oxygens (including phenoxy) is 1. The minimum atomic E-state index is -3.65. The standard InChI is InChI=1S/C20H27NO2S2.C9H10O.C7H8O2.C2H6/c1-7-11-15(3)19(24-18(6)8-2)14-17(5)21-25(22,23)20-13-10-9-12-16(20)4;1-7-5-3-4-6-9(7)8(2)10;1-9-7-5-3-2-4-6(7)8;1-2/h9-14,21H,5-8H2,1-4H3;3-6H,1-2H3;2-5,8H,1H3;1-2H3/b15-11-,19-14+;;;. The lowest BCUT2D eigenvalue weighted by Gasteiger charge is -2.13. The van der Waals surface area contributed by atoms with Crippen molar-refractivity contribution >= 4 is 27.6 Å². The highest BCUT2D eigenvalue weighted by atomic mass is 32.2. The number of para-hydroxylation sites is 2. The first-order valence-electron chi connectivity index (χ1n) is 15.2. The van der Waals surface area contributed by atoms with Gasteiger partial charge in [-0.15, -0.1) is 0 Å². The summed E-state index contributed by atoms with van der Waals surface area (Å²) in [6.45, 7) is 23.3. The average Bonchev–Trinajstić information content (AvgIpc) is 3.02. The third-order valence-electron chi connectivity index (χ3n) is 6.11. The number of methoxy groups -OCH3 is 1. The van der Waals surface area contributed by atoms with Gasteiger partial charge in [0.15, 0.2) is 17.3 Å². The van der Waals surface area contributed by atoms with Gasteiger partial charge < -0.3 is 9.84 Å². The second-order valence-corrected chi connectivity index (χ2v) is 12.6. The van der Waals surface area contributed by atoms with E-state index in [0.717, 1.165) is 39.4 Å². The molecule has 0 atom stereocenters. The number of aryl methyl sites for hydroxylation is 2. The van der Waals surface area contributed by atoms with Gasteiger partial charge in [0.25, 0.3) is 10.0 Å². The van der Waals surface area contributed by atoms with Crippen LogP contribution in [0.1, 0.15) is 75.9 Å². The summed E-state index contributed by atoms with van der Waals surface area (Å²) in [7, 11) is -2.13. The SMILES string of the molecule is C=C(/C=C(SC(=C)CC)\C(C)=C/CC)NS(=O)(=O)c1ccccc1C.CC.CC(=O)c1ccccc1C.COc1ccccc1O. The van der Waals surface area contributed by atoms with Crippen LogP contribution >= 0.6 is 11.8 Å². The molecular weight excluding hydrogens is 615 g/mol. The minimum absolute atomic E-state index is 0.137. The number of carbonyl (C=O) groups is 1. The Morgan fingerprint density at radius 1 is 0.913 bits per heavy atom.